The predicted octanol–water partition coefficient (Wildman–Crippen LogP) is 1.90. The second kappa shape index (κ2) is 11.7. The number of nitriles is 1. The van der Waals surface area contributed by atoms with E-state index in [1.807, 2.05) is 6.07 Å². The zero-order chi connectivity index (χ0) is 26.2. The van der Waals surface area contributed by atoms with Crippen molar-refractivity contribution in [3.05, 3.63) is 36.7 Å². The second-order valence-electron chi connectivity index (χ2n) is 8.04. The van der Waals surface area contributed by atoms with Crippen molar-refractivity contribution >= 4 is 41.1 Å². The molecule has 1 aromatic carbocycles. The molecule has 1 saturated heterocycles. The Bertz CT molecular complexity index is 1290. The maximum atomic E-state index is 12.1. The Morgan fingerprint density at radius 2 is 1.86 bits per heavy atom. The first-order valence-corrected chi connectivity index (χ1v) is 11.7. The molecule has 3 aromatic rings. The molecule has 4 N–H and O–H groups in total. The molecule has 0 saturated carbocycles. The van der Waals surface area contributed by atoms with Crippen LogP contribution >= 0.6 is 0 Å². The van der Waals surface area contributed by atoms with Gasteiger partial charge in [-0.05, 0) is 37.6 Å². The third kappa shape index (κ3) is 6.40. The van der Waals surface area contributed by atoms with Crippen LogP contribution in [0.5, 0.6) is 0 Å². The summed E-state index contributed by atoms with van der Waals surface area (Å²) >= 11 is 0. The van der Waals surface area contributed by atoms with Gasteiger partial charge in [0, 0.05) is 43.6 Å². The van der Waals surface area contributed by atoms with Gasteiger partial charge in [-0.3, -0.25) is 10.1 Å². The number of nitrogen functional groups attached to an aromatic ring is 1. The number of nitrogens with two attached hydrogens (primary N) is 1. The van der Waals surface area contributed by atoms with E-state index in [0.29, 0.717) is 49.2 Å². The highest BCUT2D eigenvalue weighted by Crippen LogP contribution is 2.21. The van der Waals surface area contributed by atoms with Crippen molar-refractivity contribution in [3.63, 3.8) is 0 Å². The quantitative estimate of drug-likeness (QED) is 0.427. The molecule has 0 atom stereocenters. The highest BCUT2D eigenvalue weighted by Gasteiger charge is 2.20. The van der Waals surface area contributed by atoms with Gasteiger partial charge in [0.15, 0.2) is 5.82 Å². The number of rotatable bonds is 7. The molecule has 1 aliphatic rings. The van der Waals surface area contributed by atoms with Gasteiger partial charge in [0.25, 0.3) is 0 Å². The molecular weight excluding hydrogens is 478 g/mol. The van der Waals surface area contributed by atoms with Crippen molar-refractivity contribution in [2.24, 2.45) is 0 Å². The van der Waals surface area contributed by atoms with Crippen molar-refractivity contribution in [1.82, 2.24) is 29.6 Å². The smallest absolute Gasteiger partial charge is 0.411 e. The zero-order valence-corrected chi connectivity index (χ0v) is 20.3. The van der Waals surface area contributed by atoms with Crippen LogP contribution in [0.1, 0.15) is 19.8 Å². The van der Waals surface area contributed by atoms with Gasteiger partial charge in [-0.1, -0.05) is 0 Å². The molecule has 0 spiro atoms. The molecular formula is C23H27N11O3. The summed E-state index contributed by atoms with van der Waals surface area (Å²) in [6.45, 7) is 4.41. The molecule has 0 radical (unpaired) electrons. The minimum atomic E-state index is -0.523. The molecule has 1 aliphatic heterocycles. The third-order valence-corrected chi connectivity index (χ3v) is 5.55. The number of carbonyl (C=O) groups excluding carboxylic acids is 2. The first kappa shape index (κ1) is 25.2. The summed E-state index contributed by atoms with van der Waals surface area (Å²) in [7, 11) is 0. The van der Waals surface area contributed by atoms with Gasteiger partial charge in [0.2, 0.25) is 17.8 Å². The standard InChI is InChI=1S/C23H27N11O3/c1-2-37-23(36)29-17-6-4-16(5-7-17)28-22-30-21(25)34(31-22)19-14-18(26-15-27-19)32-10-3-11-33(13-12-32)20(35)8-9-24/h4-7,14-15H,2-3,8,10-13H2,1H3,(H,29,36)(H3,25,28,30,31). The zero-order valence-electron chi connectivity index (χ0n) is 20.3. The fourth-order valence-electron chi connectivity index (χ4n) is 3.80. The number of hydrogen-bond acceptors (Lipinski definition) is 11. The highest BCUT2D eigenvalue weighted by atomic mass is 16.5. The van der Waals surface area contributed by atoms with Gasteiger partial charge >= 0.3 is 6.09 Å². The summed E-state index contributed by atoms with van der Waals surface area (Å²) in [4.78, 5) is 40.3. The number of anilines is 5. The van der Waals surface area contributed by atoms with Crippen LogP contribution in [0.2, 0.25) is 0 Å². The van der Waals surface area contributed by atoms with Gasteiger partial charge in [-0.2, -0.15) is 14.9 Å². The Labute approximate surface area is 213 Å². The predicted molar refractivity (Wildman–Crippen MR) is 135 cm³/mol. The number of nitrogens with zero attached hydrogens (tertiary/aromatic N) is 8. The van der Waals surface area contributed by atoms with Crippen LogP contribution in [-0.4, -0.2) is 74.4 Å². The van der Waals surface area contributed by atoms with Crippen molar-refractivity contribution in [2.45, 2.75) is 19.8 Å². The second-order valence-corrected chi connectivity index (χ2v) is 8.04. The molecule has 3 heterocycles. The van der Waals surface area contributed by atoms with Gasteiger partial charge < -0.3 is 25.6 Å². The molecule has 4 rings (SSSR count). The number of ether oxygens (including phenoxy) is 1. The number of aromatic nitrogens is 5. The molecule has 0 aliphatic carbocycles. The third-order valence-electron chi connectivity index (χ3n) is 5.55. The Balaban J connectivity index is 1.43. The maximum Gasteiger partial charge on any atom is 0.411 e. The molecule has 14 heteroatoms. The van der Waals surface area contributed by atoms with Crippen LogP contribution in [0.25, 0.3) is 5.82 Å². The Morgan fingerprint density at radius 3 is 2.62 bits per heavy atom. The summed E-state index contributed by atoms with van der Waals surface area (Å²) in [6, 6.07) is 10.6. The number of nitrogens with one attached hydrogen (secondary N) is 2. The van der Waals surface area contributed by atoms with E-state index in [4.69, 9.17) is 15.7 Å². The topological polar surface area (TPSA) is 180 Å². The Hall–Kier alpha value is -4.93. The lowest BCUT2D eigenvalue weighted by molar-refractivity contribution is -0.129. The molecule has 0 bridgehead atoms. The highest BCUT2D eigenvalue weighted by molar-refractivity contribution is 5.84. The fraction of sp³-hybridized carbons (Fsp3) is 0.348. The Kier molecular flexibility index (Phi) is 7.94. The average molecular weight is 506 g/mol. The molecule has 1 fully saturated rings. The van der Waals surface area contributed by atoms with E-state index in [1.54, 1.807) is 42.2 Å². The minimum absolute atomic E-state index is 0.117. The van der Waals surface area contributed by atoms with Crippen molar-refractivity contribution in [1.29, 1.82) is 5.26 Å². The van der Waals surface area contributed by atoms with E-state index in [1.165, 1.54) is 11.0 Å². The first-order valence-electron chi connectivity index (χ1n) is 11.7. The average Bonchev–Trinajstić information content (AvgIpc) is 3.09. The van der Waals surface area contributed by atoms with Crippen LogP contribution < -0.4 is 21.3 Å². The number of amides is 2. The number of benzene rings is 1. The number of carbonyl (C=O) groups is 2. The normalized spacial score (nSPS) is 13.4. The molecule has 192 valence electrons. The largest absolute Gasteiger partial charge is 0.450 e. The van der Waals surface area contributed by atoms with Crippen molar-refractivity contribution in [2.75, 3.05) is 54.1 Å². The maximum absolute atomic E-state index is 12.1. The van der Waals surface area contributed by atoms with Crippen LogP contribution in [-0.2, 0) is 9.53 Å². The molecule has 14 nitrogen and oxygen atoms in total. The lowest BCUT2D eigenvalue weighted by atomic mass is 10.3. The summed E-state index contributed by atoms with van der Waals surface area (Å²) in [5.41, 5.74) is 7.39. The van der Waals surface area contributed by atoms with Gasteiger partial charge in [-0.25, -0.2) is 14.8 Å². The van der Waals surface area contributed by atoms with Gasteiger partial charge in [0.05, 0.1) is 12.7 Å². The van der Waals surface area contributed by atoms with E-state index in [0.717, 1.165) is 6.42 Å². The van der Waals surface area contributed by atoms with Crippen LogP contribution in [0.15, 0.2) is 36.7 Å². The summed E-state index contributed by atoms with van der Waals surface area (Å²) < 4.78 is 6.27. The lowest BCUT2D eigenvalue weighted by Crippen LogP contribution is -2.35. The SMILES string of the molecule is CCOC(=O)Nc1ccc(Nc2nc(N)n(-c3cc(N4CCCN(C(=O)CC#N)CC4)ncn3)n2)cc1. The van der Waals surface area contributed by atoms with E-state index >= 15 is 0 Å². The van der Waals surface area contributed by atoms with Gasteiger partial charge in [-0.15, -0.1) is 5.10 Å². The van der Waals surface area contributed by atoms with Crippen LogP contribution in [0.3, 0.4) is 0 Å². The van der Waals surface area contributed by atoms with Crippen molar-refractivity contribution < 1.29 is 14.3 Å². The number of hydrogen-bond donors (Lipinski definition) is 3. The van der Waals surface area contributed by atoms with E-state index in [-0.39, 0.29) is 30.8 Å². The molecule has 2 aromatic heterocycles. The summed E-state index contributed by atoms with van der Waals surface area (Å²) in [5, 5.41) is 18.9. The van der Waals surface area contributed by atoms with E-state index in [9.17, 15) is 9.59 Å². The summed E-state index contributed by atoms with van der Waals surface area (Å²) in [5.74, 6) is 1.36. The monoisotopic (exact) mass is 505 g/mol. The van der Waals surface area contributed by atoms with Crippen LogP contribution in [0.4, 0.5) is 33.9 Å². The van der Waals surface area contributed by atoms with Crippen molar-refractivity contribution in [3.8, 4) is 11.9 Å². The molecule has 2 amide bonds. The summed E-state index contributed by atoms with van der Waals surface area (Å²) in [6.07, 6.45) is 1.54. The minimum Gasteiger partial charge on any atom is -0.450 e. The molecule has 0 unspecified atom stereocenters. The van der Waals surface area contributed by atoms with Gasteiger partial charge in [0.1, 0.15) is 18.6 Å². The lowest BCUT2D eigenvalue weighted by Gasteiger charge is -2.22. The Morgan fingerprint density at radius 1 is 1.11 bits per heavy atom. The van der Waals surface area contributed by atoms with E-state index in [2.05, 4.69) is 35.6 Å². The fourth-order valence-corrected chi connectivity index (χ4v) is 3.80. The van der Waals surface area contributed by atoms with E-state index < -0.39 is 6.09 Å². The molecule has 37 heavy (non-hydrogen) atoms. The first-order chi connectivity index (χ1) is 18.0. The van der Waals surface area contributed by atoms with Crippen LogP contribution in [0, 0.1) is 11.3 Å².